The van der Waals surface area contributed by atoms with E-state index in [1.54, 1.807) is 7.11 Å². The summed E-state index contributed by atoms with van der Waals surface area (Å²) in [6, 6.07) is 4.68. The Morgan fingerprint density at radius 2 is 2.38 bits per heavy atom. The zero-order valence-corrected chi connectivity index (χ0v) is 9.94. The summed E-state index contributed by atoms with van der Waals surface area (Å²) >= 11 is 0. The van der Waals surface area contributed by atoms with Crippen molar-refractivity contribution < 1.29 is 4.74 Å². The third kappa shape index (κ3) is 2.27. The maximum Gasteiger partial charge on any atom is 0.214 e. The minimum Gasteiger partial charge on any atom is -0.481 e. The molecule has 1 aliphatic rings. The van der Waals surface area contributed by atoms with Gasteiger partial charge in [0.2, 0.25) is 5.88 Å². The van der Waals surface area contributed by atoms with E-state index < -0.39 is 0 Å². The number of anilines is 1. The van der Waals surface area contributed by atoms with Crippen LogP contribution in [0.1, 0.15) is 13.3 Å². The Labute approximate surface area is 96.6 Å². The van der Waals surface area contributed by atoms with Gasteiger partial charge in [-0.2, -0.15) is 0 Å². The van der Waals surface area contributed by atoms with Crippen molar-refractivity contribution in [1.82, 2.24) is 10.3 Å². The van der Waals surface area contributed by atoms with Crippen LogP contribution in [-0.4, -0.2) is 37.8 Å². The molecule has 1 aromatic rings. The monoisotopic (exact) mass is 221 g/mol. The Kier molecular flexibility index (Phi) is 3.62. The number of hydrogen-bond acceptors (Lipinski definition) is 4. The highest BCUT2D eigenvalue weighted by molar-refractivity contribution is 5.49. The Balaban J connectivity index is 2.16. The normalized spacial score (nSPS) is 15.6. The number of nitrogens with one attached hydrogen (secondary N) is 1. The Bertz CT molecular complexity index is 339. The molecular formula is C12H19N3O. The lowest BCUT2D eigenvalue weighted by Gasteiger charge is -2.39. The van der Waals surface area contributed by atoms with Crippen LogP contribution in [0.25, 0.3) is 0 Å². The van der Waals surface area contributed by atoms with Crippen LogP contribution in [0.3, 0.4) is 0 Å². The lowest BCUT2D eigenvalue weighted by Crippen LogP contribution is -2.57. The van der Waals surface area contributed by atoms with E-state index in [4.69, 9.17) is 4.74 Å². The van der Waals surface area contributed by atoms with E-state index in [1.165, 1.54) is 5.69 Å². The number of hydrogen-bond donors (Lipinski definition) is 1. The third-order valence-corrected chi connectivity index (χ3v) is 2.92. The summed E-state index contributed by atoms with van der Waals surface area (Å²) in [5.41, 5.74) is 1.21. The van der Waals surface area contributed by atoms with Crippen LogP contribution in [0.15, 0.2) is 18.3 Å². The van der Waals surface area contributed by atoms with Crippen LogP contribution >= 0.6 is 0 Å². The van der Waals surface area contributed by atoms with Crippen LogP contribution in [-0.2, 0) is 0 Å². The van der Waals surface area contributed by atoms with E-state index in [9.17, 15) is 0 Å². The number of rotatable bonds is 5. The van der Waals surface area contributed by atoms with E-state index in [1.807, 2.05) is 12.3 Å². The summed E-state index contributed by atoms with van der Waals surface area (Å²) < 4.78 is 5.16. The second-order valence-corrected chi connectivity index (χ2v) is 4.06. The van der Waals surface area contributed by atoms with E-state index in [0.717, 1.165) is 26.1 Å². The number of pyridine rings is 1. The first-order valence-corrected chi connectivity index (χ1v) is 5.82. The average Bonchev–Trinajstić information content (AvgIpc) is 2.26. The summed E-state index contributed by atoms with van der Waals surface area (Å²) in [5.74, 6) is 0.686. The van der Waals surface area contributed by atoms with Gasteiger partial charge < -0.3 is 15.0 Å². The lowest BCUT2D eigenvalue weighted by atomic mass is 10.1. The van der Waals surface area contributed by atoms with Crippen molar-refractivity contribution in [1.29, 1.82) is 0 Å². The standard InChI is InChI=1S/C12H19N3O/c1-3-6-15(11-8-13-9-11)10-4-5-14-12(7-10)16-2/h4-5,7,11,13H,3,6,8-9H2,1-2H3. The number of methoxy groups -OCH3 is 1. The predicted octanol–water partition coefficient (Wildman–Crippen LogP) is 1.28. The number of aromatic nitrogens is 1. The summed E-state index contributed by atoms with van der Waals surface area (Å²) in [6.07, 6.45) is 2.96. The molecule has 1 N–H and O–H groups in total. The molecule has 0 aliphatic carbocycles. The van der Waals surface area contributed by atoms with Crippen molar-refractivity contribution in [3.05, 3.63) is 18.3 Å². The number of ether oxygens (including phenoxy) is 1. The fraction of sp³-hybridized carbons (Fsp3) is 0.583. The van der Waals surface area contributed by atoms with Gasteiger partial charge in [0.1, 0.15) is 0 Å². The van der Waals surface area contributed by atoms with E-state index in [-0.39, 0.29) is 0 Å². The highest BCUT2D eigenvalue weighted by Gasteiger charge is 2.24. The van der Waals surface area contributed by atoms with E-state index in [0.29, 0.717) is 11.9 Å². The molecule has 1 fully saturated rings. The molecule has 1 aliphatic heterocycles. The largest absolute Gasteiger partial charge is 0.481 e. The predicted molar refractivity (Wildman–Crippen MR) is 65.1 cm³/mol. The van der Waals surface area contributed by atoms with Gasteiger partial charge in [-0.1, -0.05) is 6.92 Å². The van der Waals surface area contributed by atoms with Gasteiger partial charge in [-0.3, -0.25) is 0 Å². The molecule has 88 valence electrons. The molecule has 0 spiro atoms. The maximum absolute atomic E-state index is 5.16. The van der Waals surface area contributed by atoms with Crippen molar-refractivity contribution in [3.63, 3.8) is 0 Å². The van der Waals surface area contributed by atoms with Crippen LogP contribution in [0.4, 0.5) is 5.69 Å². The second kappa shape index (κ2) is 5.16. The average molecular weight is 221 g/mol. The lowest BCUT2D eigenvalue weighted by molar-refractivity contribution is 0.394. The first kappa shape index (κ1) is 11.2. The first-order chi connectivity index (χ1) is 7.85. The Morgan fingerprint density at radius 1 is 1.56 bits per heavy atom. The number of nitrogens with zero attached hydrogens (tertiary/aromatic N) is 2. The van der Waals surface area contributed by atoms with Gasteiger partial charge in [0.25, 0.3) is 0 Å². The second-order valence-electron chi connectivity index (χ2n) is 4.06. The highest BCUT2D eigenvalue weighted by atomic mass is 16.5. The molecule has 16 heavy (non-hydrogen) atoms. The fourth-order valence-electron chi connectivity index (χ4n) is 1.95. The quantitative estimate of drug-likeness (QED) is 0.812. The molecule has 1 aromatic heterocycles. The first-order valence-electron chi connectivity index (χ1n) is 5.82. The van der Waals surface area contributed by atoms with Crippen molar-refractivity contribution in [2.24, 2.45) is 0 Å². The van der Waals surface area contributed by atoms with Crippen LogP contribution in [0, 0.1) is 0 Å². The van der Waals surface area contributed by atoms with E-state index >= 15 is 0 Å². The van der Waals surface area contributed by atoms with Gasteiger partial charge in [-0.15, -0.1) is 0 Å². The molecule has 2 heterocycles. The molecule has 0 amide bonds. The fourth-order valence-corrected chi connectivity index (χ4v) is 1.95. The minimum atomic E-state index is 0.618. The van der Waals surface area contributed by atoms with Crippen molar-refractivity contribution >= 4 is 5.69 Å². The molecular weight excluding hydrogens is 202 g/mol. The molecule has 0 aromatic carbocycles. The molecule has 4 nitrogen and oxygen atoms in total. The molecule has 1 saturated heterocycles. The van der Waals surface area contributed by atoms with Gasteiger partial charge in [-0.05, 0) is 12.5 Å². The summed E-state index contributed by atoms with van der Waals surface area (Å²) in [7, 11) is 1.65. The molecule has 2 rings (SSSR count). The summed E-state index contributed by atoms with van der Waals surface area (Å²) in [5, 5.41) is 3.31. The SMILES string of the molecule is CCCN(c1ccnc(OC)c1)C1CNC1. The minimum absolute atomic E-state index is 0.618. The molecule has 0 radical (unpaired) electrons. The highest BCUT2D eigenvalue weighted by Crippen LogP contribution is 2.22. The van der Waals surface area contributed by atoms with Crippen molar-refractivity contribution in [3.8, 4) is 5.88 Å². The van der Waals surface area contributed by atoms with Crippen molar-refractivity contribution in [2.45, 2.75) is 19.4 Å². The third-order valence-electron chi connectivity index (χ3n) is 2.92. The van der Waals surface area contributed by atoms with Gasteiger partial charge in [0.15, 0.2) is 0 Å². The Morgan fingerprint density at radius 3 is 2.94 bits per heavy atom. The van der Waals surface area contributed by atoms with Crippen LogP contribution < -0.4 is 15.0 Å². The molecule has 0 bridgehead atoms. The summed E-state index contributed by atoms with van der Waals surface area (Å²) in [4.78, 5) is 6.57. The topological polar surface area (TPSA) is 37.4 Å². The molecule has 0 atom stereocenters. The Hall–Kier alpha value is -1.29. The molecule has 0 unspecified atom stereocenters. The van der Waals surface area contributed by atoms with Gasteiger partial charge in [-0.25, -0.2) is 4.98 Å². The molecule has 0 saturated carbocycles. The van der Waals surface area contributed by atoms with Gasteiger partial charge >= 0.3 is 0 Å². The smallest absolute Gasteiger partial charge is 0.214 e. The van der Waals surface area contributed by atoms with E-state index in [2.05, 4.69) is 28.2 Å². The van der Waals surface area contributed by atoms with Crippen LogP contribution in [0.2, 0.25) is 0 Å². The van der Waals surface area contributed by atoms with Crippen LogP contribution in [0.5, 0.6) is 5.88 Å². The maximum atomic E-state index is 5.16. The zero-order chi connectivity index (χ0) is 11.4. The summed E-state index contributed by atoms with van der Waals surface area (Å²) in [6.45, 7) is 5.44. The molecule has 4 heteroatoms. The van der Waals surface area contributed by atoms with Crippen molar-refractivity contribution in [2.75, 3.05) is 31.6 Å². The van der Waals surface area contributed by atoms with Gasteiger partial charge in [0.05, 0.1) is 13.2 Å². The zero-order valence-electron chi connectivity index (χ0n) is 9.94. The van der Waals surface area contributed by atoms with Gasteiger partial charge in [0, 0.05) is 37.6 Å².